The molecular weight excluding hydrogens is 231 g/mol. The second-order valence-corrected chi connectivity index (χ2v) is 3.91. The molecule has 1 aromatic carbocycles. The van der Waals surface area contributed by atoms with Crippen molar-refractivity contribution in [1.82, 2.24) is 4.98 Å². The molecule has 0 radical (unpaired) electrons. The monoisotopic (exact) mass is 238 g/mol. The molecule has 0 aliphatic rings. The van der Waals surface area contributed by atoms with Crippen molar-refractivity contribution < 1.29 is 0 Å². The molecule has 2 rings (SSSR count). The maximum atomic E-state index is 6.05. The van der Waals surface area contributed by atoms with Gasteiger partial charge in [-0.05, 0) is 30.3 Å². The van der Waals surface area contributed by atoms with Gasteiger partial charge in [-0.25, -0.2) is 0 Å². The van der Waals surface area contributed by atoms with Crippen LogP contribution >= 0.6 is 23.2 Å². The topological polar surface area (TPSA) is 38.9 Å². The second-order valence-electron chi connectivity index (χ2n) is 3.07. The van der Waals surface area contributed by atoms with E-state index in [-0.39, 0.29) is 0 Å². The van der Waals surface area contributed by atoms with Crippen molar-refractivity contribution >= 4 is 28.9 Å². The third-order valence-electron chi connectivity index (χ3n) is 2.02. The Hall–Kier alpha value is -1.25. The maximum Gasteiger partial charge on any atom is 0.0946 e. The normalized spacial score (nSPS) is 10.3. The summed E-state index contributed by atoms with van der Waals surface area (Å²) in [6.07, 6.45) is 1.67. The molecule has 0 fully saturated rings. The number of nitrogens with two attached hydrogens (primary N) is 1. The molecule has 76 valence electrons. The molecular formula is C11H8Cl2N2. The van der Waals surface area contributed by atoms with Gasteiger partial charge in [0, 0.05) is 16.8 Å². The molecule has 0 unspecified atom stereocenters. The lowest BCUT2D eigenvalue weighted by Crippen LogP contribution is -1.92. The van der Waals surface area contributed by atoms with Crippen LogP contribution < -0.4 is 5.73 Å². The van der Waals surface area contributed by atoms with Crippen LogP contribution in [0.1, 0.15) is 0 Å². The first-order valence-corrected chi connectivity index (χ1v) is 5.10. The van der Waals surface area contributed by atoms with E-state index in [0.717, 1.165) is 5.56 Å². The Balaban J connectivity index is 2.64. The molecule has 0 saturated carbocycles. The Bertz CT molecular complexity index is 498. The zero-order valence-corrected chi connectivity index (χ0v) is 9.26. The van der Waals surface area contributed by atoms with Gasteiger partial charge < -0.3 is 5.73 Å². The zero-order valence-electron chi connectivity index (χ0n) is 7.74. The first kappa shape index (κ1) is 10.3. The number of benzene rings is 1. The zero-order chi connectivity index (χ0) is 10.8. The van der Waals surface area contributed by atoms with Crippen LogP contribution in [0.3, 0.4) is 0 Å². The number of hydrogen-bond donors (Lipinski definition) is 1. The molecule has 2 N–H and O–H groups in total. The first-order chi connectivity index (χ1) is 7.18. The van der Waals surface area contributed by atoms with E-state index >= 15 is 0 Å². The molecule has 0 aliphatic carbocycles. The number of hydrogen-bond acceptors (Lipinski definition) is 2. The van der Waals surface area contributed by atoms with Gasteiger partial charge in [-0.2, -0.15) is 0 Å². The summed E-state index contributed by atoms with van der Waals surface area (Å²) in [7, 11) is 0. The van der Waals surface area contributed by atoms with Crippen LogP contribution in [-0.2, 0) is 0 Å². The van der Waals surface area contributed by atoms with Crippen LogP contribution in [0.4, 0.5) is 5.69 Å². The average Bonchev–Trinajstić information content (AvgIpc) is 2.23. The molecule has 0 bridgehead atoms. The Labute approximate surface area is 97.7 Å². The van der Waals surface area contributed by atoms with Crippen molar-refractivity contribution in [2.75, 3.05) is 5.73 Å². The molecule has 0 saturated heterocycles. The highest BCUT2D eigenvalue weighted by Crippen LogP contribution is 2.32. The SMILES string of the molecule is Nc1cccnc1-c1cc(Cl)ccc1Cl. The third-order valence-corrected chi connectivity index (χ3v) is 2.59. The highest BCUT2D eigenvalue weighted by molar-refractivity contribution is 6.35. The van der Waals surface area contributed by atoms with Crippen LogP contribution in [0.5, 0.6) is 0 Å². The van der Waals surface area contributed by atoms with E-state index in [0.29, 0.717) is 21.4 Å². The molecule has 0 amide bonds. The summed E-state index contributed by atoms with van der Waals surface area (Å²) in [5.74, 6) is 0. The molecule has 0 atom stereocenters. The van der Waals surface area contributed by atoms with Crippen LogP contribution in [0, 0.1) is 0 Å². The van der Waals surface area contributed by atoms with Gasteiger partial charge in [0.2, 0.25) is 0 Å². The van der Waals surface area contributed by atoms with Gasteiger partial charge in [-0.15, -0.1) is 0 Å². The van der Waals surface area contributed by atoms with Crippen LogP contribution in [0.25, 0.3) is 11.3 Å². The van der Waals surface area contributed by atoms with Crippen LogP contribution in [0.15, 0.2) is 36.5 Å². The first-order valence-electron chi connectivity index (χ1n) is 4.34. The largest absolute Gasteiger partial charge is 0.397 e. The minimum atomic E-state index is 0.585. The predicted octanol–water partition coefficient (Wildman–Crippen LogP) is 3.64. The van der Waals surface area contributed by atoms with Crippen LogP contribution in [-0.4, -0.2) is 4.98 Å². The summed E-state index contributed by atoms with van der Waals surface area (Å²) in [5.41, 5.74) is 7.80. The maximum absolute atomic E-state index is 6.05. The standard InChI is InChI=1S/C11H8Cl2N2/c12-7-3-4-9(13)8(6-7)11-10(14)2-1-5-15-11/h1-6H,14H2. The van der Waals surface area contributed by atoms with E-state index in [1.807, 2.05) is 0 Å². The van der Waals surface area contributed by atoms with E-state index in [1.165, 1.54) is 0 Å². The van der Waals surface area contributed by atoms with E-state index in [4.69, 9.17) is 28.9 Å². The summed E-state index contributed by atoms with van der Waals surface area (Å²) in [4.78, 5) is 4.18. The minimum absolute atomic E-state index is 0.585. The Morgan fingerprint density at radius 1 is 1.13 bits per heavy atom. The lowest BCUT2D eigenvalue weighted by Gasteiger charge is -2.06. The third kappa shape index (κ3) is 2.06. The Morgan fingerprint density at radius 3 is 2.67 bits per heavy atom. The molecule has 0 aliphatic heterocycles. The summed E-state index contributed by atoms with van der Waals surface area (Å²) in [5, 5.41) is 1.20. The van der Waals surface area contributed by atoms with Crippen molar-refractivity contribution in [3.05, 3.63) is 46.6 Å². The highest BCUT2D eigenvalue weighted by atomic mass is 35.5. The lowest BCUT2D eigenvalue weighted by molar-refractivity contribution is 1.33. The van der Waals surface area contributed by atoms with Crippen molar-refractivity contribution in [2.24, 2.45) is 0 Å². The molecule has 0 spiro atoms. The number of rotatable bonds is 1. The van der Waals surface area contributed by atoms with Crippen molar-refractivity contribution in [3.8, 4) is 11.3 Å². The molecule has 1 aromatic heterocycles. The summed E-state index contributed by atoms with van der Waals surface area (Å²) in [6, 6.07) is 8.76. The fourth-order valence-corrected chi connectivity index (χ4v) is 1.70. The second kappa shape index (κ2) is 4.09. The number of anilines is 1. The summed E-state index contributed by atoms with van der Waals surface area (Å²) >= 11 is 11.9. The molecule has 2 nitrogen and oxygen atoms in total. The van der Waals surface area contributed by atoms with Gasteiger partial charge in [0.15, 0.2) is 0 Å². The van der Waals surface area contributed by atoms with Gasteiger partial charge in [-0.1, -0.05) is 23.2 Å². The molecule has 4 heteroatoms. The van der Waals surface area contributed by atoms with Gasteiger partial charge in [0.1, 0.15) is 0 Å². The van der Waals surface area contributed by atoms with E-state index in [2.05, 4.69) is 4.98 Å². The van der Waals surface area contributed by atoms with Crippen molar-refractivity contribution in [2.45, 2.75) is 0 Å². The van der Waals surface area contributed by atoms with Gasteiger partial charge in [0.05, 0.1) is 16.4 Å². The number of aromatic nitrogens is 1. The highest BCUT2D eigenvalue weighted by Gasteiger charge is 2.08. The minimum Gasteiger partial charge on any atom is -0.397 e. The van der Waals surface area contributed by atoms with E-state index in [1.54, 1.807) is 36.5 Å². The number of nitrogen functional groups attached to an aromatic ring is 1. The number of pyridine rings is 1. The fourth-order valence-electron chi connectivity index (χ4n) is 1.32. The van der Waals surface area contributed by atoms with Crippen molar-refractivity contribution in [3.63, 3.8) is 0 Å². The van der Waals surface area contributed by atoms with Crippen molar-refractivity contribution in [1.29, 1.82) is 0 Å². The van der Waals surface area contributed by atoms with Crippen LogP contribution in [0.2, 0.25) is 10.0 Å². The van der Waals surface area contributed by atoms with Gasteiger partial charge in [0.25, 0.3) is 0 Å². The van der Waals surface area contributed by atoms with Gasteiger partial charge in [-0.3, -0.25) is 4.98 Å². The van der Waals surface area contributed by atoms with E-state index in [9.17, 15) is 0 Å². The molecule has 2 aromatic rings. The Kier molecular flexibility index (Phi) is 2.80. The molecule has 1 heterocycles. The summed E-state index contributed by atoms with van der Waals surface area (Å²) < 4.78 is 0. The Morgan fingerprint density at radius 2 is 1.93 bits per heavy atom. The molecule has 15 heavy (non-hydrogen) atoms. The number of nitrogens with zero attached hydrogens (tertiary/aromatic N) is 1. The fraction of sp³-hybridized carbons (Fsp3) is 0. The van der Waals surface area contributed by atoms with E-state index < -0.39 is 0 Å². The smallest absolute Gasteiger partial charge is 0.0946 e. The quantitative estimate of drug-likeness (QED) is 0.825. The lowest BCUT2D eigenvalue weighted by atomic mass is 10.1. The van der Waals surface area contributed by atoms with Gasteiger partial charge >= 0.3 is 0 Å². The average molecular weight is 239 g/mol. The number of halogens is 2. The predicted molar refractivity (Wildman–Crippen MR) is 64.1 cm³/mol. The summed E-state index contributed by atoms with van der Waals surface area (Å²) in [6.45, 7) is 0.